The van der Waals surface area contributed by atoms with Crippen molar-refractivity contribution in [2.45, 2.75) is 6.82 Å². The number of aliphatic imine (C=N–C) groups is 2. The van der Waals surface area contributed by atoms with E-state index < -0.39 is 17.5 Å². The van der Waals surface area contributed by atoms with E-state index in [1.54, 1.807) is 18.2 Å². The molecule has 0 atom stereocenters. The van der Waals surface area contributed by atoms with Crippen molar-refractivity contribution in [3.05, 3.63) is 94.2 Å². The molecule has 0 saturated heterocycles. The Labute approximate surface area is 195 Å². The number of benzene rings is 3. The third kappa shape index (κ3) is 2.31. The highest BCUT2D eigenvalue weighted by molar-refractivity contribution is 6.56. The molecule has 166 valence electrons. The first-order chi connectivity index (χ1) is 17.0. The lowest BCUT2D eigenvalue weighted by atomic mass is 9.78. The van der Waals surface area contributed by atoms with E-state index in [0.717, 1.165) is 0 Å². The molecule has 2 aromatic heterocycles. The van der Waals surface area contributed by atoms with Crippen molar-refractivity contribution >= 4 is 51.8 Å². The van der Waals surface area contributed by atoms with Gasteiger partial charge in [-0.25, -0.2) is 33.1 Å². The van der Waals surface area contributed by atoms with Gasteiger partial charge in [0.25, 0.3) is 0 Å². The molecule has 35 heavy (non-hydrogen) atoms. The molecule has 0 spiro atoms. The second-order valence-electron chi connectivity index (χ2n) is 8.83. The summed E-state index contributed by atoms with van der Waals surface area (Å²) in [6, 6.07) is 13.3. The molecule has 0 saturated carbocycles. The van der Waals surface area contributed by atoms with E-state index in [1.807, 2.05) is 15.8 Å². The Bertz CT molecular complexity index is 2020. The molecule has 0 N–H and O–H groups in total. The number of amidine groups is 2. The van der Waals surface area contributed by atoms with Crippen molar-refractivity contribution in [3.8, 4) is 0 Å². The summed E-state index contributed by atoms with van der Waals surface area (Å²) in [5.41, 5.74) is 2.25. The lowest BCUT2D eigenvalue weighted by Crippen LogP contribution is -2.46. The maximum absolute atomic E-state index is 14.4. The number of rotatable bonds is 0. The second-order valence-corrected chi connectivity index (χ2v) is 8.83. The molecule has 0 fully saturated rings. The highest BCUT2D eigenvalue weighted by Crippen LogP contribution is 2.41. The van der Waals surface area contributed by atoms with E-state index in [0.29, 0.717) is 67.0 Å². The van der Waals surface area contributed by atoms with Crippen LogP contribution in [0.4, 0.5) is 24.8 Å². The molecule has 6 nitrogen and oxygen atoms in total. The van der Waals surface area contributed by atoms with Crippen LogP contribution in [-0.2, 0) is 0 Å². The van der Waals surface area contributed by atoms with Gasteiger partial charge in [0.1, 0.15) is 40.1 Å². The first-order valence-electron chi connectivity index (χ1n) is 11.1. The molecule has 0 unspecified atom stereocenters. The van der Waals surface area contributed by atoms with Gasteiger partial charge in [0, 0.05) is 32.7 Å². The zero-order valence-electron chi connectivity index (χ0n) is 18.1. The van der Waals surface area contributed by atoms with Crippen LogP contribution in [-0.4, -0.2) is 27.6 Å². The van der Waals surface area contributed by atoms with Gasteiger partial charge in [-0.15, -0.1) is 0 Å². The van der Waals surface area contributed by atoms with E-state index in [2.05, 4.69) is 4.99 Å². The maximum atomic E-state index is 14.4. The smallest absolute Gasteiger partial charge is 0.334 e. The molecule has 3 aromatic carbocycles. The minimum absolute atomic E-state index is 0.318. The topological polar surface area (TPSA) is 59.3 Å². The van der Waals surface area contributed by atoms with Crippen molar-refractivity contribution < 1.29 is 13.2 Å². The fraction of sp³-hybridized carbons (Fsp3) is 0.0400. The van der Waals surface area contributed by atoms with Gasteiger partial charge in [-0.2, -0.15) is 0 Å². The van der Waals surface area contributed by atoms with Crippen molar-refractivity contribution in [2.75, 3.05) is 0 Å². The summed E-state index contributed by atoms with van der Waals surface area (Å²) in [6.07, 6.45) is 0. The summed E-state index contributed by atoms with van der Waals surface area (Å²) in [5, 5.41) is 2.56. The Kier molecular flexibility index (Phi) is 3.32. The Morgan fingerprint density at radius 1 is 0.571 bits per heavy atom. The van der Waals surface area contributed by atoms with Gasteiger partial charge < -0.3 is 8.96 Å². The fourth-order valence-corrected chi connectivity index (χ4v) is 5.38. The normalized spacial score (nSPS) is 15.0. The van der Waals surface area contributed by atoms with Crippen LogP contribution in [0.3, 0.4) is 0 Å². The highest BCUT2D eigenvalue weighted by atomic mass is 19.1. The number of hydrogen-bond acceptors (Lipinski definition) is 4. The molecule has 8 rings (SSSR count). The molecule has 0 amide bonds. The monoisotopic (exact) mass is 464 g/mol. The predicted octanol–water partition coefficient (Wildman–Crippen LogP) is 4.26. The Balaban J connectivity index is 1.67. The molecular formula is C25H12BF3N6. The summed E-state index contributed by atoms with van der Waals surface area (Å²) >= 11 is 0. The van der Waals surface area contributed by atoms with E-state index in [4.69, 9.17) is 15.0 Å². The van der Waals surface area contributed by atoms with Crippen LogP contribution in [0, 0.1) is 17.5 Å². The summed E-state index contributed by atoms with van der Waals surface area (Å²) in [7, 11) is 0. The van der Waals surface area contributed by atoms with Gasteiger partial charge in [0.05, 0.1) is 0 Å². The van der Waals surface area contributed by atoms with E-state index >= 15 is 0 Å². The molecule has 0 aliphatic carbocycles. The summed E-state index contributed by atoms with van der Waals surface area (Å²) in [6.45, 7) is 1.60. The molecule has 5 heterocycles. The molecule has 3 aliphatic heterocycles. The maximum Gasteiger partial charge on any atom is 0.386 e. The Morgan fingerprint density at radius 2 is 1.20 bits per heavy atom. The van der Waals surface area contributed by atoms with Crippen LogP contribution in [0.25, 0.3) is 21.5 Å². The van der Waals surface area contributed by atoms with Gasteiger partial charge in [0.15, 0.2) is 11.7 Å². The number of hydrogen-bond donors (Lipinski definition) is 0. The molecule has 0 radical (unpaired) electrons. The van der Waals surface area contributed by atoms with E-state index in [1.165, 1.54) is 36.4 Å². The van der Waals surface area contributed by atoms with Crippen molar-refractivity contribution in [1.82, 2.24) is 8.96 Å². The minimum atomic E-state index is -0.412. The average molecular weight is 464 g/mol. The van der Waals surface area contributed by atoms with Crippen LogP contribution in [0.15, 0.2) is 74.6 Å². The van der Waals surface area contributed by atoms with Gasteiger partial charge in [-0.1, -0.05) is 0 Å². The molecular weight excluding hydrogens is 452 g/mol. The largest absolute Gasteiger partial charge is 0.386 e. The Morgan fingerprint density at radius 3 is 2.03 bits per heavy atom. The number of aromatic nitrogens is 2. The van der Waals surface area contributed by atoms with Crippen molar-refractivity contribution in [3.63, 3.8) is 0 Å². The summed E-state index contributed by atoms with van der Waals surface area (Å²) in [5.74, 6) is 0.534. The van der Waals surface area contributed by atoms with Gasteiger partial charge in [-0.3, -0.25) is 0 Å². The molecule has 5 aromatic rings. The molecule has 4 bridgehead atoms. The lowest BCUT2D eigenvalue weighted by Gasteiger charge is -2.20. The van der Waals surface area contributed by atoms with Crippen LogP contribution in [0.1, 0.15) is 11.1 Å². The van der Waals surface area contributed by atoms with Gasteiger partial charge >= 0.3 is 6.98 Å². The van der Waals surface area contributed by atoms with Crippen LogP contribution < -0.4 is 11.0 Å². The highest BCUT2D eigenvalue weighted by Gasteiger charge is 2.33. The zero-order chi connectivity index (χ0) is 23.6. The Hall–Kier alpha value is -4.47. The SMILES string of the molecule is CB1n2c3c4ccc(F)cc4c2N=c2c4cc(F)ccc4c(n21)=NC1=NC(=N3)c2cc(F)ccc21. The van der Waals surface area contributed by atoms with E-state index in [9.17, 15) is 13.2 Å². The quantitative estimate of drug-likeness (QED) is 0.308. The third-order valence-corrected chi connectivity index (χ3v) is 6.90. The first-order valence-corrected chi connectivity index (χ1v) is 11.1. The zero-order valence-corrected chi connectivity index (χ0v) is 18.1. The number of halogens is 3. The summed E-state index contributed by atoms with van der Waals surface area (Å²) in [4.78, 5) is 19.3. The van der Waals surface area contributed by atoms with Gasteiger partial charge in [0.2, 0.25) is 0 Å². The van der Waals surface area contributed by atoms with Crippen LogP contribution in [0.2, 0.25) is 6.82 Å². The van der Waals surface area contributed by atoms with E-state index in [-0.39, 0.29) is 6.98 Å². The fourth-order valence-electron chi connectivity index (χ4n) is 5.38. The minimum Gasteiger partial charge on any atom is -0.334 e. The molecule has 10 heteroatoms. The third-order valence-electron chi connectivity index (χ3n) is 6.90. The standard InChI is InChI=1S/C25H12BF3N6/c1-26-34-22-15-6-3-12(28)9-18(15)24(34)33-25-19-10-13(29)4-7-16(19)23(35(25)26)32-21-17-8-11(27)2-5-14(17)20(30-21)31-22/h2-10H,1H3. The van der Waals surface area contributed by atoms with Crippen LogP contribution >= 0.6 is 0 Å². The number of fused-ring (bicyclic) bond motifs is 10. The van der Waals surface area contributed by atoms with Gasteiger partial charge in [-0.05, 0) is 61.4 Å². The first kappa shape index (κ1) is 18.9. The van der Waals surface area contributed by atoms with Crippen molar-refractivity contribution in [2.24, 2.45) is 20.0 Å². The van der Waals surface area contributed by atoms with Crippen LogP contribution in [0.5, 0.6) is 0 Å². The molecule has 3 aliphatic rings. The van der Waals surface area contributed by atoms with Crippen molar-refractivity contribution in [1.29, 1.82) is 0 Å². The second kappa shape index (κ2) is 6.15. The predicted molar refractivity (Wildman–Crippen MR) is 127 cm³/mol. The summed E-state index contributed by atoms with van der Waals surface area (Å²) < 4.78 is 46.8. The average Bonchev–Trinajstić information content (AvgIpc) is 3.43. The lowest BCUT2D eigenvalue weighted by molar-refractivity contribution is 0.627. The number of nitrogens with zero attached hydrogens (tertiary/aromatic N) is 6.